The Morgan fingerprint density at radius 3 is 2.45 bits per heavy atom. The van der Waals surface area contributed by atoms with Gasteiger partial charge in [-0.2, -0.15) is 0 Å². The Morgan fingerprint density at radius 2 is 1.77 bits per heavy atom. The van der Waals surface area contributed by atoms with E-state index >= 15 is 0 Å². The first-order chi connectivity index (χ1) is 10.6. The number of carbonyl (C=O) groups excluding carboxylic acids is 2. The Bertz CT molecular complexity index is 711. The molecule has 1 aromatic carbocycles. The van der Waals surface area contributed by atoms with E-state index in [9.17, 15) is 9.59 Å². The van der Waals surface area contributed by atoms with E-state index in [0.29, 0.717) is 5.56 Å². The lowest BCUT2D eigenvalue weighted by molar-refractivity contribution is -0.135. The summed E-state index contributed by atoms with van der Waals surface area (Å²) in [5.74, 6) is 0.183. The van der Waals surface area contributed by atoms with Gasteiger partial charge in [0.15, 0.2) is 5.78 Å². The second-order valence-corrected chi connectivity index (χ2v) is 6.09. The molecule has 0 unspecified atom stereocenters. The van der Waals surface area contributed by atoms with E-state index in [1.54, 1.807) is 6.92 Å². The monoisotopic (exact) mass is 298 g/mol. The van der Waals surface area contributed by atoms with Crippen molar-refractivity contribution in [3.63, 3.8) is 0 Å². The summed E-state index contributed by atoms with van der Waals surface area (Å²) in [7, 11) is 0. The fraction of sp³-hybridized carbons (Fsp3) is 0.444. The van der Waals surface area contributed by atoms with Crippen LogP contribution in [0.15, 0.2) is 30.5 Å². The molecule has 2 aromatic rings. The summed E-state index contributed by atoms with van der Waals surface area (Å²) in [6.45, 7) is 5.19. The molecule has 1 aromatic heterocycles. The first-order valence-corrected chi connectivity index (χ1v) is 7.99. The van der Waals surface area contributed by atoms with Crippen molar-refractivity contribution in [2.45, 2.75) is 39.2 Å². The molecule has 1 saturated heterocycles. The first-order valence-electron chi connectivity index (χ1n) is 7.99. The highest BCUT2D eigenvalue weighted by Gasteiger charge is 2.25. The van der Waals surface area contributed by atoms with Crippen LogP contribution in [0.5, 0.6) is 0 Å². The summed E-state index contributed by atoms with van der Waals surface area (Å²) in [6.07, 6.45) is 5.21. The molecule has 1 aliphatic rings. The van der Waals surface area contributed by atoms with E-state index in [1.165, 1.54) is 6.42 Å². The Balaban J connectivity index is 1.98. The maximum Gasteiger partial charge on any atom is 0.245 e. The van der Waals surface area contributed by atoms with Gasteiger partial charge in [-0.05, 0) is 39.2 Å². The third-order valence-corrected chi connectivity index (χ3v) is 4.56. The van der Waals surface area contributed by atoms with Crippen molar-refractivity contribution in [3.8, 4) is 0 Å². The van der Waals surface area contributed by atoms with Gasteiger partial charge in [-0.15, -0.1) is 0 Å². The number of carbonyl (C=O) groups is 2. The smallest absolute Gasteiger partial charge is 0.245 e. The normalized spacial score (nSPS) is 16.7. The Morgan fingerprint density at radius 1 is 1.09 bits per heavy atom. The number of ketones is 1. The topological polar surface area (TPSA) is 42.3 Å². The molecule has 3 rings (SSSR count). The quantitative estimate of drug-likeness (QED) is 0.815. The van der Waals surface area contributed by atoms with E-state index in [-0.39, 0.29) is 17.7 Å². The third-order valence-electron chi connectivity index (χ3n) is 4.56. The van der Waals surface area contributed by atoms with Crippen molar-refractivity contribution in [2.24, 2.45) is 0 Å². The van der Waals surface area contributed by atoms with Crippen LogP contribution in [0.2, 0.25) is 0 Å². The molecule has 2 heterocycles. The summed E-state index contributed by atoms with van der Waals surface area (Å²) in [5, 5.41) is 0.924. The number of hydrogen-bond acceptors (Lipinski definition) is 2. The number of amides is 1. The minimum atomic E-state index is -0.281. The molecule has 0 N–H and O–H groups in total. The van der Waals surface area contributed by atoms with Gasteiger partial charge in [0.05, 0.1) is 0 Å². The number of hydrogen-bond donors (Lipinski definition) is 0. The van der Waals surface area contributed by atoms with Crippen molar-refractivity contribution >= 4 is 22.6 Å². The standard InChI is InChI=1S/C18H22N2O2/c1-13(18(22)19-10-6-3-7-11-19)20-12-16(14(2)21)15-8-4-5-9-17(15)20/h4-5,8-9,12-13H,3,6-7,10-11H2,1-2H3/t13-/m1/s1. The number of likely N-dealkylation sites (tertiary alicyclic amines) is 1. The van der Waals surface area contributed by atoms with Gasteiger partial charge in [-0.1, -0.05) is 18.2 Å². The minimum Gasteiger partial charge on any atom is -0.341 e. The fourth-order valence-electron chi connectivity index (χ4n) is 3.30. The Kier molecular flexibility index (Phi) is 4.01. The molecule has 0 spiro atoms. The number of piperidine rings is 1. The molecule has 1 fully saturated rings. The van der Waals surface area contributed by atoms with E-state index in [4.69, 9.17) is 0 Å². The molecule has 0 aliphatic carbocycles. The molecule has 116 valence electrons. The first kappa shape index (κ1) is 14.8. The fourth-order valence-corrected chi connectivity index (χ4v) is 3.30. The molecule has 0 bridgehead atoms. The van der Waals surface area contributed by atoms with Crippen LogP contribution in [0, 0.1) is 0 Å². The summed E-state index contributed by atoms with van der Waals surface area (Å²) < 4.78 is 1.95. The van der Waals surface area contributed by atoms with Gasteiger partial charge in [0.1, 0.15) is 6.04 Å². The largest absolute Gasteiger partial charge is 0.341 e. The zero-order valence-electron chi connectivity index (χ0n) is 13.2. The molecule has 4 nitrogen and oxygen atoms in total. The molecule has 1 aliphatic heterocycles. The number of fused-ring (bicyclic) bond motifs is 1. The molecule has 1 atom stereocenters. The average Bonchev–Trinajstić information content (AvgIpc) is 2.94. The van der Waals surface area contributed by atoms with Crippen LogP contribution in [0.3, 0.4) is 0 Å². The van der Waals surface area contributed by atoms with E-state index in [1.807, 2.05) is 46.9 Å². The number of aromatic nitrogens is 1. The van der Waals surface area contributed by atoms with Crippen LogP contribution < -0.4 is 0 Å². The van der Waals surface area contributed by atoms with Crippen molar-refractivity contribution < 1.29 is 9.59 Å². The highest BCUT2D eigenvalue weighted by molar-refractivity contribution is 6.07. The zero-order chi connectivity index (χ0) is 15.7. The van der Waals surface area contributed by atoms with E-state index in [2.05, 4.69) is 0 Å². The van der Waals surface area contributed by atoms with Crippen molar-refractivity contribution in [3.05, 3.63) is 36.0 Å². The number of nitrogens with zero attached hydrogens (tertiary/aromatic N) is 2. The Hall–Kier alpha value is -2.10. The molecule has 22 heavy (non-hydrogen) atoms. The van der Waals surface area contributed by atoms with Crippen LogP contribution in [0.4, 0.5) is 0 Å². The van der Waals surface area contributed by atoms with Crippen molar-refractivity contribution in [1.29, 1.82) is 0 Å². The van der Waals surface area contributed by atoms with Gasteiger partial charge >= 0.3 is 0 Å². The van der Waals surface area contributed by atoms with Gasteiger partial charge in [-0.25, -0.2) is 0 Å². The maximum absolute atomic E-state index is 12.7. The van der Waals surface area contributed by atoms with Gasteiger partial charge in [0, 0.05) is 35.8 Å². The predicted molar refractivity (Wildman–Crippen MR) is 87.1 cm³/mol. The van der Waals surface area contributed by atoms with Crippen molar-refractivity contribution in [2.75, 3.05) is 13.1 Å². The maximum atomic E-state index is 12.7. The predicted octanol–water partition coefficient (Wildman–Crippen LogP) is 3.42. The second kappa shape index (κ2) is 5.95. The summed E-state index contributed by atoms with van der Waals surface area (Å²) in [5.41, 5.74) is 1.64. The van der Waals surface area contributed by atoms with Crippen molar-refractivity contribution in [1.82, 2.24) is 9.47 Å². The number of para-hydroxylation sites is 1. The number of benzene rings is 1. The van der Waals surface area contributed by atoms with Crippen LogP contribution in [0.25, 0.3) is 10.9 Å². The second-order valence-electron chi connectivity index (χ2n) is 6.09. The van der Waals surface area contributed by atoms with E-state index < -0.39 is 0 Å². The lowest BCUT2D eigenvalue weighted by Crippen LogP contribution is -2.39. The zero-order valence-corrected chi connectivity index (χ0v) is 13.2. The van der Waals surface area contributed by atoms with Gasteiger partial charge in [0.2, 0.25) is 5.91 Å². The lowest BCUT2D eigenvalue weighted by Gasteiger charge is -2.30. The third kappa shape index (κ3) is 2.54. The van der Waals surface area contributed by atoms with Gasteiger partial charge in [-0.3, -0.25) is 9.59 Å². The van der Waals surface area contributed by atoms with E-state index in [0.717, 1.165) is 36.8 Å². The van der Waals surface area contributed by atoms with Gasteiger partial charge < -0.3 is 9.47 Å². The SMILES string of the molecule is CC(=O)c1cn([C@H](C)C(=O)N2CCCCC2)c2ccccc12. The minimum absolute atomic E-state index is 0.0348. The number of rotatable bonds is 3. The van der Waals surface area contributed by atoms with Crippen LogP contribution >= 0.6 is 0 Å². The highest BCUT2D eigenvalue weighted by Crippen LogP contribution is 2.26. The number of Topliss-reactive ketones (excluding diaryl/α,β-unsaturated/α-hetero) is 1. The molecule has 4 heteroatoms. The van der Waals surface area contributed by atoms with Crippen LogP contribution in [-0.4, -0.2) is 34.2 Å². The highest BCUT2D eigenvalue weighted by atomic mass is 16.2. The molecule has 0 radical (unpaired) electrons. The molecular weight excluding hydrogens is 276 g/mol. The van der Waals surface area contributed by atoms with Gasteiger partial charge in [0.25, 0.3) is 0 Å². The average molecular weight is 298 g/mol. The summed E-state index contributed by atoms with van der Waals surface area (Å²) in [6, 6.07) is 7.51. The molecule has 0 saturated carbocycles. The lowest BCUT2D eigenvalue weighted by atomic mass is 10.1. The van der Waals surface area contributed by atoms with Crippen LogP contribution in [0.1, 0.15) is 49.5 Å². The molecular formula is C18H22N2O2. The Labute approximate surface area is 130 Å². The molecule has 1 amide bonds. The summed E-state index contributed by atoms with van der Waals surface area (Å²) in [4.78, 5) is 26.6. The van der Waals surface area contributed by atoms with Crippen LogP contribution in [-0.2, 0) is 4.79 Å². The summed E-state index contributed by atoms with van der Waals surface area (Å²) >= 11 is 0.